The van der Waals surface area contributed by atoms with E-state index in [1.807, 2.05) is 49.4 Å². The van der Waals surface area contributed by atoms with Gasteiger partial charge in [-0.2, -0.15) is 0 Å². The minimum Gasteiger partial charge on any atom is -0.293 e. The van der Waals surface area contributed by atoms with Gasteiger partial charge in [0.05, 0.1) is 15.5 Å². The number of thiazole rings is 1. The van der Waals surface area contributed by atoms with Gasteiger partial charge in [-0.3, -0.25) is 4.79 Å². The van der Waals surface area contributed by atoms with Crippen molar-refractivity contribution in [3.05, 3.63) is 58.6 Å². The van der Waals surface area contributed by atoms with E-state index in [1.165, 1.54) is 17.3 Å². The Hall–Kier alpha value is -1.36. The van der Waals surface area contributed by atoms with Gasteiger partial charge >= 0.3 is 0 Å². The third kappa shape index (κ3) is 3.77. The number of carbonyl (C=O) groups is 1. The maximum Gasteiger partial charge on any atom is 0.175 e. The lowest BCUT2D eigenvalue weighted by atomic mass is 10.1. The zero-order valence-electron chi connectivity index (χ0n) is 12.9. The van der Waals surface area contributed by atoms with Crippen molar-refractivity contribution in [2.24, 2.45) is 0 Å². The van der Waals surface area contributed by atoms with Crippen LogP contribution in [0, 0.1) is 0 Å². The summed E-state index contributed by atoms with van der Waals surface area (Å²) in [7, 11) is 0. The Morgan fingerprint density at radius 3 is 2.70 bits per heavy atom. The van der Waals surface area contributed by atoms with Crippen LogP contribution in [0.3, 0.4) is 0 Å². The second-order valence-corrected chi connectivity index (χ2v) is 8.32. The number of hydrogen-bond acceptors (Lipinski definition) is 4. The predicted molar refractivity (Wildman–Crippen MR) is 100 cm³/mol. The van der Waals surface area contributed by atoms with Gasteiger partial charge in [-0.05, 0) is 37.1 Å². The van der Waals surface area contributed by atoms with E-state index in [2.05, 4.69) is 11.9 Å². The largest absolute Gasteiger partial charge is 0.293 e. The van der Waals surface area contributed by atoms with Crippen molar-refractivity contribution >= 4 is 50.7 Å². The van der Waals surface area contributed by atoms with E-state index in [1.54, 1.807) is 11.3 Å². The molecular formula is C18H16ClNOS2. The highest BCUT2D eigenvalue weighted by Gasteiger charge is 2.18. The molecule has 0 radical (unpaired) electrons. The third-order valence-corrected chi connectivity index (χ3v) is 6.09. The summed E-state index contributed by atoms with van der Waals surface area (Å²) >= 11 is 9.09. The van der Waals surface area contributed by atoms with Gasteiger partial charge in [-0.15, -0.1) is 11.3 Å². The first kappa shape index (κ1) is 16.5. The number of aromatic nitrogens is 1. The zero-order valence-corrected chi connectivity index (χ0v) is 15.3. The number of fused-ring (bicyclic) bond motifs is 1. The van der Waals surface area contributed by atoms with Gasteiger partial charge in [0.2, 0.25) is 0 Å². The van der Waals surface area contributed by atoms with Gasteiger partial charge < -0.3 is 0 Å². The Bertz CT molecular complexity index is 842. The number of benzene rings is 2. The van der Waals surface area contributed by atoms with Gasteiger partial charge in [-0.25, -0.2) is 4.98 Å². The van der Waals surface area contributed by atoms with E-state index < -0.39 is 0 Å². The van der Waals surface area contributed by atoms with Crippen LogP contribution in [0.15, 0.2) is 46.8 Å². The minimum atomic E-state index is -0.168. The molecule has 0 saturated carbocycles. The lowest BCUT2D eigenvalue weighted by molar-refractivity contribution is 0.0994. The Kier molecular flexibility index (Phi) is 5.05. The number of aryl methyl sites for hydroxylation is 1. The molecule has 2 aromatic carbocycles. The van der Waals surface area contributed by atoms with Gasteiger partial charge in [-0.1, -0.05) is 54.6 Å². The van der Waals surface area contributed by atoms with E-state index >= 15 is 0 Å². The van der Waals surface area contributed by atoms with Crippen LogP contribution in [0.4, 0.5) is 0 Å². The van der Waals surface area contributed by atoms with E-state index in [0.717, 1.165) is 26.5 Å². The molecule has 0 aliphatic heterocycles. The molecular weight excluding hydrogens is 346 g/mol. The van der Waals surface area contributed by atoms with Crippen LogP contribution < -0.4 is 0 Å². The summed E-state index contributed by atoms with van der Waals surface area (Å²) in [6.45, 7) is 4.04. The molecule has 0 amide bonds. The summed E-state index contributed by atoms with van der Waals surface area (Å²) in [5.41, 5.74) is 2.88. The molecule has 118 valence electrons. The Balaban J connectivity index is 1.76. The number of Topliss-reactive ketones (excluding diaryl/α,β-unsaturated/α-hetero) is 1. The van der Waals surface area contributed by atoms with Crippen LogP contribution >= 0.6 is 34.7 Å². The lowest BCUT2D eigenvalue weighted by Crippen LogP contribution is -2.13. The number of rotatable bonds is 5. The molecule has 1 aromatic heterocycles. The van der Waals surface area contributed by atoms with Crippen molar-refractivity contribution in [3.8, 4) is 0 Å². The SMILES string of the molecule is CCc1ccc(C(=O)C(C)Sc2nc3cc(Cl)ccc3s2)cc1. The summed E-state index contributed by atoms with van der Waals surface area (Å²) in [4.78, 5) is 17.1. The van der Waals surface area contributed by atoms with E-state index in [9.17, 15) is 4.79 Å². The van der Waals surface area contributed by atoms with Crippen LogP contribution in [0.25, 0.3) is 10.2 Å². The van der Waals surface area contributed by atoms with Crippen molar-refractivity contribution in [1.29, 1.82) is 0 Å². The molecule has 1 heterocycles. The first-order valence-electron chi connectivity index (χ1n) is 7.42. The fraction of sp³-hybridized carbons (Fsp3) is 0.222. The summed E-state index contributed by atoms with van der Waals surface area (Å²) in [5, 5.41) is 0.512. The standard InChI is InChI=1S/C18H16ClNOS2/c1-3-12-4-6-13(7-5-12)17(21)11(2)22-18-20-15-10-14(19)8-9-16(15)23-18/h4-11H,3H2,1-2H3. The van der Waals surface area contributed by atoms with Crippen LogP contribution in [-0.2, 0) is 6.42 Å². The normalized spacial score (nSPS) is 12.5. The third-order valence-electron chi connectivity index (χ3n) is 3.62. The monoisotopic (exact) mass is 361 g/mol. The molecule has 3 aromatic rings. The van der Waals surface area contributed by atoms with Crippen LogP contribution in [0.1, 0.15) is 29.8 Å². The number of thioether (sulfide) groups is 1. The number of nitrogens with zero attached hydrogens (tertiary/aromatic N) is 1. The van der Waals surface area contributed by atoms with Gasteiger partial charge in [0, 0.05) is 10.6 Å². The maximum atomic E-state index is 12.6. The van der Waals surface area contributed by atoms with Crippen molar-refractivity contribution in [1.82, 2.24) is 4.98 Å². The smallest absolute Gasteiger partial charge is 0.175 e. The minimum absolute atomic E-state index is 0.134. The second-order valence-electron chi connectivity index (χ2n) is 5.27. The Labute approximate surface area is 148 Å². The molecule has 0 spiro atoms. The number of carbonyl (C=O) groups excluding carboxylic acids is 1. The van der Waals surface area contributed by atoms with Crippen molar-refractivity contribution in [3.63, 3.8) is 0 Å². The highest BCUT2D eigenvalue weighted by molar-refractivity contribution is 8.02. The molecule has 1 atom stereocenters. The predicted octanol–water partition coefficient (Wildman–Crippen LogP) is 5.88. The molecule has 0 aliphatic rings. The topological polar surface area (TPSA) is 30.0 Å². The first-order chi connectivity index (χ1) is 11.1. The first-order valence-corrected chi connectivity index (χ1v) is 9.50. The highest BCUT2D eigenvalue weighted by atomic mass is 35.5. The molecule has 3 rings (SSSR count). The molecule has 0 bridgehead atoms. The number of halogens is 1. The van der Waals surface area contributed by atoms with Gasteiger partial charge in [0.15, 0.2) is 10.1 Å². The quantitative estimate of drug-likeness (QED) is 0.420. The average Bonchev–Trinajstić information content (AvgIpc) is 2.95. The van der Waals surface area contributed by atoms with E-state index in [4.69, 9.17) is 11.6 Å². The van der Waals surface area contributed by atoms with Gasteiger partial charge in [0.1, 0.15) is 0 Å². The molecule has 0 fully saturated rings. The fourth-order valence-electron chi connectivity index (χ4n) is 2.27. The molecule has 2 nitrogen and oxygen atoms in total. The maximum absolute atomic E-state index is 12.6. The van der Waals surface area contributed by atoms with Crippen LogP contribution in [0.5, 0.6) is 0 Å². The summed E-state index contributed by atoms with van der Waals surface area (Å²) < 4.78 is 1.98. The molecule has 0 aliphatic carbocycles. The molecule has 0 saturated heterocycles. The summed E-state index contributed by atoms with van der Waals surface area (Å²) in [6, 6.07) is 13.5. The summed E-state index contributed by atoms with van der Waals surface area (Å²) in [6.07, 6.45) is 0.979. The van der Waals surface area contributed by atoms with Crippen molar-refractivity contribution < 1.29 is 4.79 Å². The van der Waals surface area contributed by atoms with Crippen LogP contribution in [0.2, 0.25) is 5.02 Å². The highest BCUT2D eigenvalue weighted by Crippen LogP contribution is 2.34. The fourth-order valence-corrected chi connectivity index (χ4v) is 4.71. The summed E-state index contributed by atoms with van der Waals surface area (Å²) in [5.74, 6) is 0.134. The number of ketones is 1. The van der Waals surface area contributed by atoms with E-state index in [0.29, 0.717) is 5.02 Å². The van der Waals surface area contributed by atoms with Gasteiger partial charge in [0.25, 0.3) is 0 Å². The second kappa shape index (κ2) is 7.04. The molecule has 1 unspecified atom stereocenters. The lowest BCUT2D eigenvalue weighted by Gasteiger charge is -2.08. The van der Waals surface area contributed by atoms with Crippen molar-refractivity contribution in [2.45, 2.75) is 29.9 Å². The molecule has 0 N–H and O–H groups in total. The van der Waals surface area contributed by atoms with Crippen molar-refractivity contribution in [2.75, 3.05) is 0 Å². The van der Waals surface area contributed by atoms with E-state index in [-0.39, 0.29) is 11.0 Å². The Morgan fingerprint density at radius 1 is 1.26 bits per heavy atom. The Morgan fingerprint density at radius 2 is 2.00 bits per heavy atom. The average molecular weight is 362 g/mol. The van der Waals surface area contributed by atoms with Crippen LogP contribution in [-0.4, -0.2) is 16.0 Å². The molecule has 23 heavy (non-hydrogen) atoms. The molecule has 5 heteroatoms. The zero-order chi connectivity index (χ0) is 16.4. The number of hydrogen-bond donors (Lipinski definition) is 0.